The number of aliphatic hydroxyl groups excluding tert-OH is 1. The maximum Gasteiger partial charge on any atom is 0.472 e. The standard InChI is InChI=1S/C67H126O17P2/c1-7-9-11-13-15-17-18-19-20-21-22-27-33-39-45-51-66(71)83-62(56-78-65(70)50-44-38-32-26-24-23-25-29-35-41-47-59(3)4)57-81-85(73,74)79-53-61(68)54-80-86(75,76)82-58-63(55-77-64(69)49-43-37-31-16-14-12-10-8-2)84-67(72)52-46-40-34-28-30-36-42-48-60(5)6/h17-20,59-63,68H,7-16,21-58H2,1-6H3,(H,73,74)(H,75,76)/b18-17-,20-19-/t61-,62-,63-/m1/s1. The molecule has 19 heteroatoms. The van der Waals surface area contributed by atoms with Crippen molar-refractivity contribution < 1.29 is 80.2 Å². The van der Waals surface area contributed by atoms with E-state index in [1.807, 2.05) is 0 Å². The first-order valence-corrected chi connectivity index (χ1v) is 37.3. The van der Waals surface area contributed by atoms with E-state index in [2.05, 4.69) is 65.8 Å². The predicted octanol–water partition coefficient (Wildman–Crippen LogP) is 18.4. The van der Waals surface area contributed by atoms with Gasteiger partial charge in [-0.25, -0.2) is 9.13 Å². The highest BCUT2D eigenvalue weighted by Crippen LogP contribution is 2.45. The van der Waals surface area contributed by atoms with E-state index in [4.69, 9.17) is 37.0 Å². The molecule has 0 bridgehead atoms. The van der Waals surface area contributed by atoms with Crippen LogP contribution < -0.4 is 0 Å². The Kier molecular flexibility index (Phi) is 57.2. The van der Waals surface area contributed by atoms with Crippen LogP contribution in [-0.2, 0) is 65.4 Å². The molecule has 86 heavy (non-hydrogen) atoms. The van der Waals surface area contributed by atoms with Gasteiger partial charge in [0.25, 0.3) is 0 Å². The van der Waals surface area contributed by atoms with Crippen molar-refractivity contribution in [1.29, 1.82) is 0 Å². The first kappa shape index (κ1) is 83.5. The summed E-state index contributed by atoms with van der Waals surface area (Å²) in [6.07, 6.45) is 45.4. The third-order valence-corrected chi connectivity index (χ3v) is 16.7. The molecule has 0 aromatic rings. The van der Waals surface area contributed by atoms with E-state index in [1.165, 1.54) is 109 Å². The lowest BCUT2D eigenvalue weighted by Gasteiger charge is -2.21. The number of phosphoric acid groups is 2. The summed E-state index contributed by atoms with van der Waals surface area (Å²) >= 11 is 0. The second kappa shape index (κ2) is 58.9. The Bertz CT molecular complexity index is 1780. The number of ether oxygens (including phenoxy) is 4. The minimum Gasteiger partial charge on any atom is -0.462 e. The minimum atomic E-state index is -4.96. The van der Waals surface area contributed by atoms with Gasteiger partial charge in [0.1, 0.15) is 19.3 Å². The van der Waals surface area contributed by atoms with Gasteiger partial charge in [0.15, 0.2) is 12.2 Å². The number of carbonyl (C=O) groups is 4. The van der Waals surface area contributed by atoms with Crippen LogP contribution in [0.1, 0.15) is 311 Å². The van der Waals surface area contributed by atoms with E-state index in [0.29, 0.717) is 31.6 Å². The Morgan fingerprint density at radius 3 is 0.953 bits per heavy atom. The largest absolute Gasteiger partial charge is 0.472 e. The number of carbonyl (C=O) groups excluding carboxylic acids is 4. The number of unbranched alkanes of at least 4 members (excludes halogenated alkanes) is 31. The molecule has 0 spiro atoms. The highest BCUT2D eigenvalue weighted by atomic mass is 31.2. The summed E-state index contributed by atoms with van der Waals surface area (Å²) in [4.78, 5) is 72.3. The van der Waals surface area contributed by atoms with E-state index in [-0.39, 0.29) is 25.7 Å². The molecule has 2 unspecified atom stereocenters. The molecule has 0 aromatic heterocycles. The van der Waals surface area contributed by atoms with Crippen LogP contribution in [0.3, 0.4) is 0 Å². The fourth-order valence-corrected chi connectivity index (χ4v) is 11.1. The van der Waals surface area contributed by atoms with Crippen LogP contribution in [0.4, 0.5) is 0 Å². The van der Waals surface area contributed by atoms with E-state index in [0.717, 1.165) is 115 Å². The van der Waals surface area contributed by atoms with Gasteiger partial charge in [-0.05, 0) is 63.2 Å². The lowest BCUT2D eigenvalue weighted by Crippen LogP contribution is -2.30. The van der Waals surface area contributed by atoms with Crippen molar-refractivity contribution in [3.05, 3.63) is 24.3 Å². The zero-order valence-corrected chi connectivity index (χ0v) is 56.9. The Hall–Kier alpha value is -2.46. The van der Waals surface area contributed by atoms with E-state index >= 15 is 0 Å². The third kappa shape index (κ3) is 60.5. The summed E-state index contributed by atoms with van der Waals surface area (Å²) in [5.74, 6) is -0.714. The molecule has 506 valence electrons. The fourth-order valence-electron chi connectivity index (χ4n) is 9.52. The van der Waals surface area contributed by atoms with Gasteiger partial charge in [0.2, 0.25) is 0 Å². The van der Waals surface area contributed by atoms with Crippen LogP contribution in [0.2, 0.25) is 0 Å². The molecule has 0 saturated carbocycles. The molecule has 0 saturated heterocycles. The van der Waals surface area contributed by atoms with Crippen LogP contribution >= 0.6 is 15.6 Å². The Labute approximate surface area is 522 Å². The smallest absolute Gasteiger partial charge is 0.462 e. The molecule has 0 amide bonds. The molecule has 17 nitrogen and oxygen atoms in total. The zero-order chi connectivity index (χ0) is 63.6. The molecule has 0 aliphatic carbocycles. The molecule has 3 N–H and O–H groups in total. The first-order valence-electron chi connectivity index (χ1n) is 34.3. The van der Waals surface area contributed by atoms with Crippen molar-refractivity contribution >= 4 is 39.5 Å². The summed E-state index contributed by atoms with van der Waals surface area (Å²) in [7, 11) is -9.90. The van der Waals surface area contributed by atoms with Crippen molar-refractivity contribution in [2.75, 3.05) is 39.6 Å². The second-order valence-corrected chi connectivity index (χ2v) is 27.4. The van der Waals surface area contributed by atoms with Crippen molar-refractivity contribution in [3.63, 3.8) is 0 Å². The summed E-state index contributed by atoms with van der Waals surface area (Å²) in [6, 6.07) is 0. The van der Waals surface area contributed by atoms with Gasteiger partial charge < -0.3 is 33.8 Å². The van der Waals surface area contributed by atoms with Crippen LogP contribution in [0, 0.1) is 11.8 Å². The Morgan fingerprint density at radius 2 is 0.628 bits per heavy atom. The molecule has 5 atom stereocenters. The van der Waals surface area contributed by atoms with E-state index in [9.17, 15) is 43.2 Å². The fraction of sp³-hybridized carbons (Fsp3) is 0.881. The quantitative estimate of drug-likeness (QED) is 0.0169. The minimum absolute atomic E-state index is 0.0844. The molecular formula is C67H126O17P2. The molecule has 0 rings (SSSR count). The molecule has 0 radical (unpaired) electrons. The molecule has 0 fully saturated rings. The molecule has 0 aliphatic heterocycles. The number of esters is 4. The van der Waals surface area contributed by atoms with Gasteiger partial charge >= 0.3 is 39.5 Å². The number of aliphatic hydroxyl groups is 1. The van der Waals surface area contributed by atoms with Crippen molar-refractivity contribution in [2.24, 2.45) is 11.8 Å². The topological polar surface area (TPSA) is 237 Å². The maximum atomic E-state index is 13.0. The molecule has 0 aliphatic rings. The summed E-state index contributed by atoms with van der Waals surface area (Å²) in [6.45, 7) is 9.35. The predicted molar refractivity (Wildman–Crippen MR) is 344 cm³/mol. The maximum absolute atomic E-state index is 13.0. The van der Waals surface area contributed by atoms with Crippen molar-refractivity contribution in [1.82, 2.24) is 0 Å². The second-order valence-electron chi connectivity index (χ2n) is 24.5. The average molecular weight is 1270 g/mol. The number of rotatable bonds is 64. The summed E-state index contributed by atoms with van der Waals surface area (Å²) in [5, 5.41) is 10.5. The Morgan fingerprint density at radius 1 is 0.360 bits per heavy atom. The lowest BCUT2D eigenvalue weighted by atomic mass is 10.0. The van der Waals surface area contributed by atoms with E-state index < -0.39 is 97.5 Å². The highest BCUT2D eigenvalue weighted by Gasteiger charge is 2.30. The van der Waals surface area contributed by atoms with Crippen LogP contribution in [-0.4, -0.2) is 96.7 Å². The van der Waals surface area contributed by atoms with Gasteiger partial charge in [-0.3, -0.25) is 37.3 Å². The molecule has 0 heterocycles. The van der Waals surface area contributed by atoms with Crippen LogP contribution in [0.25, 0.3) is 0 Å². The Balaban J connectivity index is 5.27. The van der Waals surface area contributed by atoms with Gasteiger partial charge in [0, 0.05) is 25.7 Å². The SMILES string of the molecule is CCCCCC/C=C\C=C/CCCCCCCC(=O)O[C@H](COC(=O)CCCCCCCCCCCCC(C)C)COP(=O)(O)OC[C@@H](O)COP(=O)(O)OC[C@@H](COC(=O)CCCCCCCCCC)OC(=O)CCCCCCCCCC(C)C. The van der Waals surface area contributed by atoms with E-state index in [1.54, 1.807) is 0 Å². The van der Waals surface area contributed by atoms with Crippen LogP contribution in [0.15, 0.2) is 24.3 Å². The van der Waals surface area contributed by atoms with Gasteiger partial charge in [-0.15, -0.1) is 0 Å². The normalized spacial score (nSPS) is 14.4. The first-order chi connectivity index (χ1) is 41.4. The zero-order valence-electron chi connectivity index (χ0n) is 55.1. The molecule has 0 aromatic carbocycles. The highest BCUT2D eigenvalue weighted by molar-refractivity contribution is 7.47. The average Bonchev–Trinajstić information content (AvgIpc) is 3.67. The number of hydrogen-bond donors (Lipinski definition) is 3. The lowest BCUT2D eigenvalue weighted by molar-refractivity contribution is -0.161. The van der Waals surface area contributed by atoms with Gasteiger partial charge in [-0.2, -0.15) is 0 Å². The van der Waals surface area contributed by atoms with Crippen molar-refractivity contribution in [3.8, 4) is 0 Å². The summed E-state index contributed by atoms with van der Waals surface area (Å²) in [5.41, 5.74) is 0. The van der Waals surface area contributed by atoms with Crippen molar-refractivity contribution in [2.45, 2.75) is 330 Å². The number of allylic oxidation sites excluding steroid dienone is 4. The summed E-state index contributed by atoms with van der Waals surface area (Å²) < 4.78 is 68.0. The van der Waals surface area contributed by atoms with Gasteiger partial charge in [0.05, 0.1) is 26.4 Å². The number of phosphoric ester groups is 2. The monoisotopic (exact) mass is 1260 g/mol. The van der Waals surface area contributed by atoms with Gasteiger partial charge in [-0.1, -0.05) is 258 Å². The molecular weight excluding hydrogens is 1140 g/mol. The van der Waals surface area contributed by atoms with Crippen LogP contribution in [0.5, 0.6) is 0 Å². The number of hydrogen-bond acceptors (Lipinski definition) is 15. The third-order valence-electron chi connectivity index (χ3n) is 14.8.